The Kier molecular flexibility index (Phi) is 7.39. The van der Waals surface area contributed by atoms with Gasteiger partial charge >= 0.3 is 0 Å². The van der Waals surface area contributed by atoms with Crippen LogP contribution in [0, 0.1) is 0 Å². The lowest BCUT2D eigenvalue weighted by Gasteiger charge is -2.25. The molecule has 0 amide bonds. The third kappa shape index (κ3) is 5.64. The van der Waals surface area contributed by atoms with Crippen molar-refractivity contribution in [3.05, 3.63) is 150 Å². The Morgan fingerprint density at radius 1 is 0.472 bits per heavy atom. The van der Waals surface area contributed by atoms with Crippen molar-refractivity contribution in [3.8, 4) is 11.1 Å². The number of aryl methyl sites for hydroxylation is 1. The van der Waals surface area contributed by atoms with Gasteiger partial charge in [0.25, 0.3) is 0 Å². The Morgan fingerprint density at radius 2 is 0.917 bits per heavy atom. The topological polar surface area (TPSA) is 3.24 Å². The second-order valence-electron chi connectivity index (χ2n) is 9.00. The van der Waals surface area contributed by atoms with E-state index in [4.69, 9.17) is 0 Å². The third-order valence-electron chi connectivity index (χ3n) is 6.38. The van der Waals surface area contributed by atoms with E-state index in [1.807, 2.05) is 0 Å². The molecule has 0 heterocycles. The van der Waals surface area contributed by atoms with E-state index in [-0.39, 0.29) is 0 Å². The highest BCUT2D eigenvalue weighted by molar-refractivity contribution is 5.79. The van der Waals surface area contributed by atoms with Crippen LogP contribution < -0.4 is 4.90 Å². The molecular weight excluding hydrogens is 434 g/mol. The molecule has 5 aromatic rings. The van der Waals surface area contributed by atoms with Gasteiger partial charge in [-0.2, -0.15) is 0 Å². The van der Waals surface area contributed by atoms with E-state index >= 15 is 0 Å². The first-order valence-corrected chi connectivity index (χ1v) is 12.7. The molecule has 0 aromatic heterocycles. The molecule has 0 saturated heterocycles. The van der Waals surface area contributed by atoms with Crippen LogP contribution in [-0.4, -0.2) is 0 Å². The van der Waals surface area contributed by atoms with Gasteiger partial charge in [0.2, 0.25) is 0 Å². The van der Waals surface area contributed by atoms with Gasteiger partial charge in [0.1, 0.15) is 0 Å². The fraction of sp³-hybridized carbons (Fsp3) is 0.0857. The van der Waals surface area contributed by atoms with Crippen molar-refractivity contribution in [2.45, 2.75) is 19.8 Å². The maximum atomic E-state index is 2.30. The lowest BCUT2D eigenvalue weighted by Crippen LogP contribution is -2.09. The molecule has 0 atom stereocenters. The quantitative estimate of drug-likeness (QED) is 0.206. The molecule has 5 aromatic carbocycles. The normalized spacial score (nSPS) is 11.0. The van der Waals surface area contributed by atoms with Crippen molar-refractivity contribution in [1.29, 1.82) is 0 Å². The molecule has 0 aliphatic rings. The number of para-hydroxylation sites is 1. The molecule has 1 nitrogen and oxygen atoms in total. The van der Waals surface area contributed by atoms with E-state index in [1.54, 1.807) is 0 Å². The van der Waals surface area contributed by atoms with Crippen molar-refractivity contribution in [2.24, 2.45) is 0 Å². The maximum Gasteiger partial charge on any atom is 0.0462 e. The number of hydrogen-bond donors (Lipinski definition) is 0. The fourth-order valence-corrected chi connectivity index (χ4v) is 4.47. The first-order chi connectivity index (χ1) is 17.8. The first-order valence-electron chi connectivity index (χ1n) is 12.7. The minimum Gasteiger partial charge on any atom is -0.311 e. The predicted molar refractivity (Wildman–Crippen MR) is 156 cm³/mol. The first kappa shape index (κ1) is 23.4. The van der Waals surface area contributed by atoms with Gasteiger partial charge in [0, 0.05) is 17.1 Å². The summed E-state index contributed by atoms with van der Waals surface area (Å²) >= 11 is 0. The zero-order valence-electron chi connectivity index (χ0n) is 20.7. The second kappa shape index (κ2) is 11.4. The molecule has 0 radical (unpaired) electrons. The molecule has 0 saturated carbocycles. The van der Waals surface area contributed by atoms with Crippen LogP contribution in [0.1, 0.15) is 30.0 Å². The van der Waals surface area contributed by atoms with Crippen LogP contribution in [0.15, 0.2) is 133 Å². The summed E-state index contributed by atoms with van der Waals surface area (Å²) in [5.41, 5.74) is 9.66. The van der Waals surface area contributed by atoms with Gasteiger partial charge < -0.3 is 4.90 Å². The van der Waals surface area contributed by atoms with Gasteiger partial charge in [-0.1, -0.05) is 123 Å². The third-order valence-corrected chi connectivity index (χ3v) is 6.38. The summed E-state index contributed by atoms with van der Waals surface area (Å²) in [6, 6.07) is 47.5. The predicted octanol–water partition coefficient (Wildman–Crippen LogP) is 9.95. The van der Waals surface area contributed by atoms with Crippen molar-refractivity contribution >= 4 is 29.2 Å². The molecule has 1 heteroatoms. The number of nitrogens with zero attached hydrogens (tertiary/aromatic N) is 1. The van der Waals surface area contributed by atoms with Crippen LogP contribution in [-0.2, 0) is 6.42 Å². The monoisotopic (exact) mass is 465 g/mol. The van der Waals surface area contributed by atoms with Gasteiger partial charge in [0.05, 0.1) is 0 Å². The summed E-state index contributed by atoms with van der Waals surface area (Å²) in [4.78, 5) is 2.30. The lowest BCUT2D eigenvalue weighted by atomic mass is 10.0. The summed E-state index contributed by atoms with van der Waals surface area (Å²) in [7, 11) is 0. The summed E-state index contributed by atoms with van der Waals surface area (Å²) < 4.78 is 0. The number of anilines is 3. The minimum atomic E-state index is 1.13. The average molecular weight is 466 g/mol. The van der Waals surface area contributed by atoms with E-state index in [9.17, 15) is 0 Å². The Bertz CT molecular complexity index is 1380. The maximum absolute atomic E-state index is 2.30. The Labute approximate surface area is 215 Å². The molecule has 0 aliphatic heterocycles. The molecule has 5 rings (SSSR count). The van der Waals surface area contributed by atoms with Crippen molar-refractivity contribution in [2.75, 3.05) is 4.90 Å². The molecule has 0 bridgehead atoms. The molecule has 0 N–H and O–H groups in total. The number of rotatable bonds is 8. The highest BCUT2D eigenvalue weighted by Gasteiger charge is 2.12. The van der Waals surface area contributed by atoms with Gasteiger partial charge in [-0.25, -0.2) is 0 Å². The highest BCUT2D eigenvalue weighted by Crippen LogP contribution is 2.35. The van der Waals surface area contributed by atoms with E-state index in [0.29, 0.717) is 0 Å². The average Bonchev–Trinajstić information content (AvgIpc) is 2.95. The molecule has 176 valence electrons. The van der Waals surface area contributed by atoms with Gasteiger partial charge in [-0.05, 0) is 70.6 Å². The SMILES string of the molecule is CCCc1ccc(C=Cc2ccc(N(c3ccccc3)c3ccc(-c4ccccc4)cc3)cc2)cc1. The van der Waals surface area contributed by atoms with Crippen LogP contribution in [0.5, 0.6) is 0 Å². The van der Waals surface area contributed by atoms with Crippen molar-refractivity contribution < 1.29 is 0 Å². The lowest BCUT2D eigenvalue weighted by molar-refractivity contribution is 0.922. The zero-order chi connectivity index (χ0) is 24.6. The highest BCUT2D eigenvalue weighted by atomic mass is 15.1. The molecule has 36 heavy (non-hydrogen) atoms. The minimum absolute atomic E-state index is 1.13. The van der Waals surface area contributed by atoms with Gasteiger partial charge in [-0.3, -0.25) is 0 Å². The Hall–Kier alpha value is -4.36. The van der Waals surface area contributed by atoms with Crippen molar-refractivity contribution in [1.82, 2.24) is 0 Å². The molecule has 0 unspecified atom stereocenters. The summed E-state index contributed by atoms with van der Waals surface area (Å²) in [5.74, 6) is 0. The van der Waals surface area contributed by atoms with Gasteiger partial charge in [-0.15, -0.1) is 0 Å². The van der Waals surface area contributed by atoms with E-state index in [1.165, 1.54) is 34.2 Å². The summed E-state index contributed by atoms with van der Waals surface area (Å²) in [6.45, 7) is 2.22. The second-order valence-corrected chi connectivity index (χ2v) is 9.00. The van der Waals surface area contributed by atoms with E-state index < -0.39 is 0 Å². The van der Waals surface area contributed by atoms with Crippen molar-refractivity contribution in [3.63, 3.8) is 0 Å². The zero-order valence-corrected chi connectivity index (χ0v) is 20.7. The van der Waals surface area contributed by atoms with E-state index in [2.05, 4.69) is 157 Å². The van der Waals surface area contributed by atoms with Crippen LogP contribution in [0.3, 0.4) is 0 Å². The van der Waals surface area contributed by atoms with Gasteiger partial charge in [0.15, 0.2) is 0 Å². The summed E-state index contributed by atoms with van der Waals surface area (Å²) in [6.07, 6.45) is 6.68. The Balaban J connectivity index is 1.40. The standard InChI is InChI=1S/C35H31N/c1-2-9-28-14-16-29(17-15-28)18-19-30-20-24-34(25-21-30)36(33-12-7-4-8-13-33)35-26-22-32(23-27-35)31-10-5-3-6-11-31/h3-8,10-27H,2,9H2,1H3. The van der Waals surface area contributed by atoms with Crippen LogP contribution in [0.25, 0.3) is 23.3 Å². The number of hydrogen-bond acceptors (Lipinski definition) is 1. The Morgan fingerprint density at radius 3 is 1.47 bits per heavy atom. The molecule has 0 fully saturated rings. The van der Waals surface area contributed by atoms with E-state index in [0.717, 1.165) is 23.5 Å². The molecule has 0 spiro atoms. The molecular formula is C35H31N. The van der Waals surface area contributed by atoms with Crippen LogP contribution in [0.2, 0.25) is 0 Å². The number of benzene rings is 5. The summed E-state index contributed by atoms with van der Waals surface area (Å²) in [5, 5.41) is 0. The molecule has 0 aliphatic carbocycles. The van der Waals surface area contributed by atoms with Crippen LogP contribution in [0.4, 0.5) is 17.1 Å². The fourth-order valence-electron chi connectivity index (χ4n) is 4.47. The largest absolute Gasteiger partial charge is 0.311 e. The smallest absolute Gasteiger partial charge is 0.0462 e. The van der Waals surface area contributed by atoms with Crippen LogP contribution >= 0.6 is 0 Å².